The van der Waals surface area contributed by atoms with E-state index in [1.165, 1.54) is 15.9 Å². The molecule has 288 valence electrons. The maximum atomic E-state index is 14.2. The number of hydrogen-bond acceptors (Lipinski definition) is 10. The molecule has 0 radical (unpaired) electrons. The second kappa shape index (κ2) is 15.5. The molecule has 0 unspecified atom stereocenters. The van der Waals surface area contributed by atoms with Crippen molar-refractivity contribution in [3.05, 3.63) is 35.1 Å². The third kappa shape index (κ3) is 9.70. The maximum absolute atomic E-state index is 14.2. The number of carbonyl (C=O) groups is 5. The van der Waals surface area contributed by atoms with Gasteiger partial charge in [-0.05, 0) is 70.4 Å². The highest BCUT2D eigenvalue weighted by atomic mass is 32.2. The van der Waals surface area contributed by atoms with Gasteiger partial charge < -0.3 is 30.2 Å². The number of primary amides is 1. The number of halogens is 1. The molecule has 5 atom stereocenters. The van der Waals surface area contributed by atoms with Gasteiger partial charge in [0.05, 0.1) is 23.8 Å². The number of fused-ring (bicyclic) bond motifs is 1. The van der Waals surface area contributed by atoms with Crippen molar-refractivity contribution in [1.82, 2.24) is 19.8 Å². The van der Waals surface area contributed by atoms with Gasteiger partial charge in [0, 0.05) is 38.2 Å². The molecular weight excluding hydrogens is 701 g/mol. The van der Waals surface area contributed by atoms with Crippen LogP contribution in [0.1, 0.15) is 90.2 Å². The highest BCUT2D eigenvalue weighted by Crippen LogP contribution is 2.55. The molecule has 4 N–H and O–H groups in total. The number of ether oxygens (including phenoxy) is 3. The Morgan fingerprint density at radius 3 is 2.48 bits per heavy atom. The molecule has 5 amide bonds. The average Bonchev–Trinajstić information content (AvgIpc) is 3.92. The number of nitrogens with one attached hydrogen (secondary N) is 2. The predicted octanol–water partition coefficient (Wildman–Crippen LogP) is 2.84. The lowest BCUT2D eigenvalue weighted by atomic mass is 10.0. The number of amides is 5. The summed E-state index contributed by atoms with van der Waals surface area (Å²) < 4.78 is 57.6. The van der Waals surface area contributed by atoms with Crippen molar-refractivity contribution in [2.24, 2.45) is 17.1 Å². The Hall–Kier alpha value is -3.99. The number of benzene rings is 1. The van der Waals surface area contributed by atoms with Gasteiger partial charge in [-0.25, -0.2) is 22.4 Å². The summed E-state index contributed by atoms with van der Waals surface area (Å²) >= 11 is 0. The van der Waals surface area contributed by atoms with Crippen LogP contribution in [0.3, 0.4) is 0 Å². The Bertz CT molecular complexity index is 1660. The molecule has 15 nitrogen and oxygen atoms in total. The van der Waals surface area contributed by atoms with E-state index in [1.54, 1.807) is 39.8 Å². The van der Waals surface area contributed by atoms with Gasteiger partial charge in [-0.1, -0.05) is 25.5 Å². The van der Waals surface area contributed by atoms with Crippen molar-refractivity contribution in [3.8, 4) is 0 Å². The highest BCUT2D eigenvalue weighted by molar-refractivity contribution is 7.90. The van der Waals surface area contributed by atoms with E-state index in [1.807, 2.05) is 0 Å². The molecule has 1 saturated heterocycles. The summed E-state index contributed by atoms with van der Waals surface area (Å²) in [6.45, 7) is 7.27. The van der Waals surface area contributed by atoms with E-state index >= 15 is 0 Å². The number of likely N-dealkylation sites (tertiary alicyclic amines) is 1. The number of hydrogen-bond donors (Lipinski definition) is 3. The summed E-state index contributed by atoms with van der Waals surface area (Å²) in [6.07, 6.45) is 1.48. The first-order valence-electron chi connectivity index (χ1n) is 17.8. The van der Waals surface area contributed by atoms with E-state index in [0.717, 1.165) is 12.8 Å². The minimum Gasteiger partial charge on any atom is -0.444 e. The minimum absolute atomic E-state index is 0.0290. The molecule has 52 heavy (non-hydrogen) atoms. The number of unbranched alkanes of at least 4 members (excludes halogenated alkanes) is 1. The molecule has 5 rings (SSSR count). The van der Waals surface area contributed by atoms with Gasteiger partial charge in [0.15, 0.2) is 0 Å². The van der Waals surface area contributed by atoms with E-state index in [9.17, 15) is 36.8 Å². The lowest BCUT2D eigenvalue weighted by Gasteiger charge is -2.28. The summed E-state index contributed by atoms with van der Waals surface area (Å²) in [7, 11) is -3.59. The molecule has 0 spiro atoms. The molecule has 2 aliphatic heterocycles. The molecule has 0 bridgehead atoms. The topological polar surface area (TPSA) is 204 Å². The van der Waals surface area contributed by atoms with E-state index in [-0.39, 0.29) is 45.0 Å². The van der Waals surface area contributed by atoms with Crippen LogP contribution in [0.5, 0.6) is 0 Å². The van der Waals surface area contributed by atoms with Crippen LogP contribution < -0.4 is 15.8 Å². The SMILES string of the molecule is CC(C)(C)OC(=O)N[C@@H](CCOCCCC[C@@H]1C[C@]1(C)C(=O)NS(=O)(=O)C1CC1)C(=O)N1C[C@H](OC(=O)N2Cc3cccc(F)c3C2)C[C@H]1C(N)=O. The normalized spacial score (nSPS) is 24.5. The highest BCUT2D eigenvalue weighted by Gasteiger charge is 2.56. The Kier molecular flexibility index (Phi) is 11.7. The van der Waals surface area contributed by atoms with Crippen LogP contribution in [0, 0.1) is 17.2 Å². The Labute approximate surface area is 303 Å². The summed E-state index contributed by atoms with van der Waals surface area (Å²) in [4.78, 5) is 67.2. The second-order valence-corrected chi connectivity index (χ2v) is 17.4. The van der Waals surface area contributed by atoms with Crippen LogP contribution in [0.4, 0.5) is 14.0 Å². The summed E-state index contributed by atoms with van der Waals surface area (Å²) in [5.74, 6) is -2.20. The summed E-state index contributed by atoms with van der Waals surface area (Å²) in [6, 6.07) is 2.36. The number of nitrogens with zero attached hydrogens (tertiary/aromatic N) is 2. The molecular formula is C35H50FN5O10S. The van der Waals surface area contributed by atoms with Crippen LogP contribution in [-0.4, -0.2) is 96.9 Å². The van der Waals surface area contributed by atoms with Crippen LogP contribution in [-0.2, 0) is 51.7 Å². The Morgan fingerprint density at radius 1 is 1.10 bits per heavy atom. The van der Waals surface area contributed by atoms with Crippen LogP contribution in [0.2, 0.25) is 0 Å². The molecule has 2 saturated carbocycles. The zero-order valence-corrected chi connectivity index (χ0v) is 31.0. The van der Waals surface area contributed by atoms with E-state index in [0.29, 0.717) is 43.4 Å². The molecule has 1 aromatic carbocycles. The first-order valence-corrected chi connectivity index (χ1v) is 19.4. The quantitative estimate of drug-likeness (QED) is 0.224. The first kappa shape index (κ1) is 39.2. The Balaban J connectivity index is 1.10. The van der Waals surface area contributed by atoms with Crippen LogP contribution in [0.25, 0.3) is 0 Å². The molecule has 3 fully saturated rings. The number of rotatable bonds is 15. The van der Waals surface area contributed by atoms with Crippen molar-refractivity contribution in [2.45, 2.75) is 121 Å². The average molecular weight is 752 g/mol. The Morgan fingerprint density at radius 2 is 1.83 bits per heavy atom. The minimum atomic E-state index is -3.59. The molecule has 2 aliphatic carbocycles. The van der Waals surface area contributed by atoms with Crippen molar-refractivity contribution in [3.63, 3.8) is 0 Å². The zero-order chi connectivity index (χ0) is 38.0. The number of carbonyl (C=O) groups excluding carboxylic acids is 5. The van der Waals surface area contributed by atoms with Crippen molar-refractivity contribution >= 4 is 39.9 Å². The van der Waals surface area contributed by atoms with E-state index < -0.39 is 80.2 Å². The third-order valence-electron chi connectivity index (χ3n) is 10.1. The van der Waals surface area contributed by atoms with Gasteiger partial charge in [-0.2, -0.15) is 0 Å². The number of nitrogens with two attached hydrogens (primary N) is 1. The predicted molar refractivity (Wildman–Crippen MR) is 184 cm³/mol. The van der Waals surface area contributed by atoms with Gasteiger partial charge in [-0.3, -0.25) is 24.0 Å². The molecule has 4 aliphatic rings. The lowest BCUT2D eigenvalue weighted by Crippen LogP contribution is -2.53. The largest absolute Gasteiger partial charge is 0.444 e. The standard InChI is InChI=1S/C35H50FN5O10S/c1-34(2,3)51-32(45)38-27(13-15-49-14-6-5-9-22-17-35(22,4)31(44)39-52(47,48)24-11-12-24)30(43)41-19-23(16-28(41)29(37)42)50-33(46)40-18-21-8-7-10-26(36)25(21)20-40/h7-8,10,22-24,27-28H,5-6,9,11-20H2,1-4H3,(H2,37,42)(H,38,45)(H,39,44)/t22-,23-,27+,28+,35+/m1/s1. The zero-order valence-electron chi connectivity index (χ0n) is 30.2. The smallest absolute Gasteiger partial charge is 0.410 e. The summed E-state index contributed by atoms with van der Waals surface area (Å²) in [5.41, 5.74) is 5.19. The number of alkyl carbamates (subject to hydrolysis) is 1. The van der Waals surface area contributed by atoms with Crippen molar-refractivity contribution in [1.29, 1.82) is 0 Å². The monoisotopic (exact) mass is 751 g/mol. The second-order valence-electron chi connectivity index (χ2n) is 15.5. The van der Waals surface area contributed by atoms with Gasteiger partial charge >= 0.3 is 12.2 Å². The summed E-state index contributed by atoms with van der Waals surface area (Å²) in [5, 5.41) is 2.12. The van der Waals surface area contributed by atoms with E-state index in [4.69, 9.17) is 19.9 Å². The molecule has 1 aromatic rings. The fourth-order valence-electron chi connectivity index (χ4n) is 6.79. The van der Waals surface area contributed by atoms with E-state index in [2.05, 4.69) is 10.0 Å². The third-order valence-corrected chi connectivity index (χ3v) is 11.9. The fourth-order valence-corrected chi connectivity index (χ4v) is 8.20. The molecule has 17 heteroatoms. The van der Waals surface area contributed by atoms with Gasteiger partial charge in [0.1, 0.15) is 29.6 Å². The molecule has 0 aromatic heterocycles. The fraction of sp³-hybridized carbons (Fsp3) is 0.686. The maximum Gasteiger partial charge on any atom is 0.410 e. The van der Waals surface area contributed by atoms with Crippen molar-refractivity contribution < 1.29 is 51.0 Å². The van der Waals surface area contributed by atoms with Gasteiger partial charge in [0.25, 0.3) is 0 Å². The first-order chi connectivity index (χ1) is 24.4. The van der Waals surface area contributed by atoms with Crippen molar-refractivity contribution in [2.75, 3.05) is 19.8 Å². The van der Waals surface area contributed by atoms with Gasteiger partial charge in [0.2, 0.25) is 27.7 Å². The van der Waals surface area contributed by atoms with Crippen LogP contribution in [0.15, 0.2) is 18.2 Å². The van der Waals surface area contributed by atoms with Gasteiger partial charge in [-0.15, -0.1) is 0 Å². The lowest BCUT2D eigenvalue weighted by molar-refractivity contribution is -0.139. The van der Waals surface area contributed by atoms with Crippen LogP contribution >= 0.6 is 0 Å². The number of sulfonamides is 1. The molecule has 2 heterocycles.